The van der Waals surface area contributed by atoms with Gasteiger partial charge in [-0.15, -0.1) is 0 Å². The first-order chi connectivity index (χ1) is 12.8. The van der Waals surface area contributed by atoms with Crippen LogP contribution in [0.5, 0.6) is 5.75 Å². The molecule has 0 radical (unpaired) electrons. The molecule has 26 heavy (non-hydrogen) atoms. The number of nitrogens with zero attached hydrogens (tertiary/aromatic N) is 3. The van der Waals surface area contributed by atoms with Gasteiger partial charge in [0, 0.05) is 29.0 Å². The highest BCUT2D eigenvalue weighted by Gasteiger charge is 2.10. The van der Waals surface area contributed by atoms with Gasteiger partial charge in [0.15, 0.2) is 0 Å². The number of ether oxygens (including phenoxy) is 1. The van der Waals surface area contributed by atoms with Crippen molar-refractivity contribution in [2.45, 2.75) is 0 Å². The van der Waals surface area contributed by atoms with Crippen LogP contribution in [0, 0.1) is 11.3 Å². The molecule has 2 N–H and O–H groups in total. The van der Waals surface area contributed by atoms with Crippen LogP contribution in [0.15, 0.2) is 60.9 Å². The van der Waals surface area contributed by atoms with E-state index in [-0.39, 0.29) is 0 Å². The lowest BCUT2D eigenvalue weighted by molar-refractivity contribution is 0.414. The Hall–Kier alpha value is -3.85. The lowest BCUT2D eigenvalue weighted by Gasteiger charge is -2.10. The largest absolute Gasteiger partial charge is 0.497 e. The Morgan fingerprint density at radius 1 is 1.08 bits per heavy atom. The molecule has 6 nitrogen and oxygen atoms in total. The first kappa shape index (κ1) is 15.7. The van der Waals surface area contributed by atoms with Crippen molar-refractivity contribution in [3.05, 3.63) is 66.5 Å². The van der Waals surface area contributed by atoms with E-state index in [0.717, 1.165) is 33.5 Å². The molecule has 6 heteroatoms. The quantitative estimate of drug-likeness (QED) is 0.579. The van der Waals surface area contributed by atoms with E-state index in [4.69, 9.17) is 4.74 Å². The van der Waals surface area contributed by atoms with Crippen LogP contribution in [-0.2, 0) is 0 Å². The molecular weight excluding hydrogens is 326 g/mol. The summed E-state index contributed by atoms with van der Waals surface area (Å²) in [5.41, 5.74) is 4.91. The molecule has 4 aromatic rings. The Morgan fingerprint density at radius 3 is 2.69 bits per heavy atom. The number of fused-ring (bicyclic) bond motifs is 1. The molecule has 0 aliphatic rings. The summed E-state index contributed by atoms with van der Waals surface area (Å²) in [7, 11) is 1.58. The Labute approximate surface area is 150 Å². The molecule has 0 saturated heterocycles. The molecule has 0 saturated carbocycles. The zero-order valence-corrected chi connectivity index (χ0v) is 14.0. The fourth-order valence-electron chi connectivity index (χ4n) is 2.83. The number of aromatic amines is 1. The summed E-state index contributed by atoms with van der Waals surface area (Å²) in [6, 6.07) is 17.3. The fourth-order valence-corrected chi connectivity index (χ4v) is 2.83. The van der Waals surface area contributed by atoms with Crippen molar-refractivity contribution >= 4 is 22.3 Å². The summed E-state index contributed by atoms with van der Waals surface area (Å²) in [6.07, 6.45) is 3.49. The Balaban J connectivity index is 1.74. The van der Waals surface area contributed by atoms with E-state index in [9.17, 15) is 5.26 Å². The van der Waals surface area contributed by atoms with Crippen molar-refractivity contribution in [3.63, 3.8) is 0 Å². The normalized spacial score (nSPS) is 10.5. The van der Waals surface area contributed by atoms with Crippen LogP contribution >= 0.6 is 0 Å². The summed E-state index contributed by atoms with van der Waals surface area (Å²) in [5, 5.41) is 21.1. The molecule has 0 unspecified atom stereocenters. The average molecular weight is 341 g/mol. The summed E-state index contributed by atoms with van der Waals surface area (Å²) in [5.74, 6) is 0.650. The fraction of sp³-hybridized carbons (Fsp3) is 0.0500. The van der Waals surface area contributed by atoms with Gasteiger partial charge in [-0.2, -0.15) is 10.4 Å². The van der Waals surface area contributed by atoms with Crippen LogP contribution in [0.2, 0.25) is 0 Å². The summed E-state index contributed by atoms with van der Waals surface area (Å²) in [4.78, 5) is 4.05. The molecule has 0 aliphatic carbocycles. The minimum Gasteiger partial charge on any atom is -0.497 e. The molecule has 2 aromatic heterocycles. The van der Waals surface area contributed by atoms with E-state index >= 15 is 0 Å². The van der Waals surface area contributed by atoms with Gasteiger partial charge in [-0.1, -0.05) is 0 Å². The molecule has 2 aromatic carbocycles. The standard InChI is InChI=1S/C20H15N5O/c1-26-16-3-5-18(14(10-16)12-21)23-15-2-4-19-17(11-15)20(25-24-19)13-6-8-22-9-7-13/h2-11,23H,1H3,(H,24,25). The van der Waals surface area contributed by atoms with Crippen LogP contribution < -0.4 is 10.1 Å². The third-order valence-electron chi connectivity index (χ3n) is 4.14. The molecule has 0 bridgehead atoms. The van der Waals surface area contributed by atoms with Gasteiger partial charge < -0.3 is 10.1 Å². The second-order valence-electron chi connectivity index (χ2n) is 5.72. The second kappa shape index (κ2) is 6.57. The van der Waals surface area contributed by atoms with Gasteiger partial charge in [0.1, 0.15) is 17.5 Å². The van der Waals surface area contributed by atoms with Crippen LogP contribution in [0.3, 0.4) is 0 Å². The van der Waals surface area contributed by atoms with Crippen molar-refractivity contribution in [2.24, 2.45) is 0 Å². The smallest absolute Gasteiger partial charge is 0.120 e. The van der Waals surface area contributed by atoms with Gasteiger partial charge in [0.25, 0.3) is 0 Å². The Bertz CT molecular complexity index is 1110. The van der Waals surface area contributed by atoms with Crippen LogP contribution in [0.4, 0.5) is 11.4 Å². The van der Waals surface area contributed by atoms with Gasteiger partial charge in [-0.25, -0.2) is 0 Å². The number of benzene rings is 2. The summed E-state index contributed by atoms with van der Waals surface area (Å²) < 4.78 is 5.18. The Morgan fingerprint density at radius 2 is 1.92 bits per heavy atom. The highest BCUT2D eigenvalue weighted by Crippen LogP contribution is 2.30. The molecule has 0 aliphatic heterocycles. The van der Waals surface area contributed by atoms with Gasteiger partial charge in [-0.05, 0) is 48.5 Å². The molecule has 0 spiro atoms. The Kier molecular flexibility index (Phi) is 3.96. The number of pyridine rings is 1. The molecule has 0 fully saturated rings. The third kappa shape index (κ3) is 2.82. The van der Waals surface area contributed by atoms with Crippen molar-refractivity contribution in [1.29, 1.82) is 5.26 Å². The summed E-state index contributed by atoms with van der Waals surface area (Å²) in [6.45, 7) is 0. The van der Waals surface area contributed by atoms with E-state index in [2.05, 4.69) is 26.6 Å². The van der Waals surface area contributed by atoms with Crippen LogP contribution in [0.1, 0.15) is 5.56 Å². The maximum Gasteiger partial charge on any atom is 0.120 e. The van der Waals surface area contributed by atoms with Crippen molar-refractivity contribution in [2.75, 3.05) is 12.4 Å². The maximum atomic E-state index is 9.38. The maximum absolute atomic E-state index is 9.38. The number of nitrogens with one attached hydrogen (secondary N) is 2. The number of methoxy groups -OCH3 is 1. The number of H-pyrrole nitrogens is 1. The zero-order valence-electron chi connectivity index (χ0n) is 14.0. The first-order valence-electron chi connectivity index (χ1n) is 8.02. The van der Waals surface area contributed by atoms with Gasteiger partial charge >= 0.3 is 0 Å². The van der Waals surface area contributed by atoms with Gasteiger partial charge in [0.05, 0.1) is 23.9 Å². The van der Waals surface area contributed by atoms with E-state index in [1.54, 1.807) is 25.6 Å². The second-order valence-corrected chi connectivity index (χ2v) is 5.72. The van der Waals surface area contributed by atoms with E-state index in [1.165, 1.54) is 0 Å². The number of anilines is 2. The van der Waals surface area contributed by atoms with Crippen LogP contribution in [0.25, 0.3) is 22.2 Å². The van der Waals surface area contributed by atoms with Crippen molar-refractivity contribution < 1.29 is 4.74 Å². The highest BCUT2D eigenvalue weighted by molar-refractivity contribution is 5.95. The molecule has 126 valence electrons. The lowest BCUT2D eigenvalue weighted by atomic mass is 10.1. The van der Waals surface area contributed by atoms with Gasteiger partial charge in [0.2, 0.25) is 0 Å². The minimum atomic E-state index is 0.519. The minimum absolute atomic E-state index is 0.519. The molecule has 4 rings (SSSR count). The number of hydrogen-bond acceptors (Lipinski definition) is 5. The zero-order chi connectivity index (χ0) is 17.9. The van der Waals surface area contributed by atoms with Crippen molar-refractivity contribution in [1.82, 2.24) is 15.2 Å². The first-order valence-corrected chi connectivity index (χ1v) is 8.02. The SMILES string of the molecule is COc1ccc(Nc2ccc3[nH]nc(-c4ccncc4)c3c2)c(C#N)c1. The number of nitriles is 1. The van der Waals surface area contributed by atoms with E-state index in [0.29, 0.717) is 11.3 Å². The predicted octanol–water partition coefficient (Wildman–Crippen LogP) is 4.25. The van der Waals surface area contributed by atoms with E-state index in [1.807, 2.05) is 42.5 Å². The van der Waals surface area contributed by atoms with Gasteiger partial charge in [-0.3, -0.25) is 10.1 Å². The highest BCUT2D eigenvalue weighted by atomic mass is 16.5. The number of hydrogen-bond donors (Lipinski definition) is 2. The monoisotopic (exact) mass is 341 g/mol. The molecule has 2 heterocycles. The number of rotatable bonds is 4. The molecule has 0 amide bonds. The third-order valence-corrected chi connectivity index (χ3v) is 4.14. The average Bonchev–Trinajstić information content (AvgIpc) is 3.12. The van der Waals surface area contributed by atoms with E-state index < -0.39 is 0 Å². The molecule has 0 atom stereocenters. The predicted molar refractivity (Wildman–Crippen MR) is 100 cm³/mol. The summed E-state index contributed by atoms with van der Waals surface area (Å²) >= 11 is 0. The number of aromatic nitrogens is 3. The van der Waals surface area contributed by atoms with Crippen molar-refractivity contribution in [3.8, 4) is 23.1 Å². The lowest BCUT2D eigenvalue weighted by Crippen LogP contribution is -1.94. The van der Waals surface area contributed by atoms with Crippen LogP contribution in [-0.4, -0.2) is 22.3 Å². The topological polar surface area (TPSA) is 86.6 Å². The molecular formula is C20H15N5O.